The Morgan fingerprint density at radius 2 is 2.27 bits per heavy atom. The maximum atomic E-state index is 11.2. The van der Waals surface area contributed by atoms with Crippen LogP contribution in [-0.4, -0.2) is 11.8 Å². The highest BCUT2D eigenvalue weighted by molar-refractivity contribution is 5.83. The third-order valence-corrected chi connectivity index (χ3v) is 2.19. The molecule has 0 aromatic rings. The second kappa shape index (κ2) is 3.86. The van der Waals surface area contributed by atoms with Crippen molar-refractivity contribution in [1.29, 1.82) is 0 Å². The van der Waals surface area contributed by atoms with E-state index in [1.54, 1.807) is 0 Å². The van der Waals surface area contributed by atoms with Gasteiger partial charge in [0.05, 0.1) is 6.04 Å². The summed E-state index contributed by atoms with van der Waals surface area (Å²) >= 11 is 0. The van der Waals surface area contributed by atoms with E-state index in [1.165, 1.54) is 12.8 Å². The van der Waals surface area contributed by atoms with Gasteiger partial charge in [-0.15, -0.1) is 0 Å². The van der Waals surface area contributed by atoms with Crippen LogP contribution in [0.1, 0.15) is 39.0 Å². The van der Waals surface area contributed by atoms with Crippen molar-refractivity contribution in [3.8, 4) is 0 Å². The topological polar surface area (TPSA) is 43.1 Å². The summed E-state index contributed by atoms with van der Waals surface area (Å²) in [6.07, 6.45) is 5.09. The van der Waals surface area contributed by atoms with Crippen molar-refractivity contribution in [2.45, 2.75) is 45.1 Å². The van der Waals surface area contributed by atoms with Gasteiger partial charge in [-0.25, -0.2) is 0 Å². The summed E-state index contributed by atoms with van der Waals surface area (Å²) in [6.45, 7) is 2.02. The largest absolute Gasteiger partial charge is 0.322 e. The Balaban J connectivity index is 2.15. The minimum Gasteiger partial charge on any atom is -0.322 e. The van der Waals surface area contributed by atoms with E-state index in [2.05, 4.69) is 0 Å². The van der Waals surface area contributed by atoms with Crippen LogP contribution in [0.3, 0.4) is 0 Å². The fraction of sp³-hybridized carbons (Fsp3) is 0.889. The molecular weight excluding hydrogens is 138 g/mol. The van der Waals surface area contributed by atoms with Crippen LogP contribution in [0, 0.1) is 5.92 Å². The molecule has 0 heterocycles. The van der Waals surface area contributed by atoms with Gasteiger partial charge >= 0.3 is 0 Å². The summed E-state index contributed by atoms with van der Waals surface area (Å²) in [5.41, 5.74) is 5.69. The molecule has 0 radical (unpaired) electrons. The van der Waals surface area contributed by atoms with Gasteiger partial charge in [0.15, 0.2) is 0 Å². The fourth-order valence-corrected chi connectivity index (χ4v) is 1.28. The van der Waals surface area contributed by atoms with E-state index in [4.69, 9.17) is 5.73 Å². The molecule has 0 amide bonds. The first-order valence-corrected chi connectivity index (χ1v) is 4.52. The molecule has 1 atom stereocenters. The van der Waals surface area contributed by atoms with Crippen molar-refractivity contribution < 1.29 is 4.79 Å². The van der Waals surface area contributed by atoms with Crippen LogP contribution in [0.2, 0.25) is 0 Å². The number of Topliss-reactive ketones (excluding diaryl/α,β-unsaturated/α-hetero) is 1. The molecule has 0 spiro atoms. The molecule has 1 aliphatic rings. The standard InChI is InChI=1S/C9H17NO/c1-2-3-9(11)8(10)6-7-4-5-7/h7-8H,2-6,10H2,1H3. The van der Waals surface area contributed by atoms with Crippen LogP contribution in [0.25, 0.3) is 0 Å². The number of ketones is 1. The lowest BCUT2D eigenvalue weighted by Gasteiger charge is -2.07. The third-order valence-electron chi connectivity index (χ3n) is 2.19. The monoisotopic (exact) mass is 155 g/mol. The van der Waals surface area contributed by atoms with Crippen LogP contribution >= 0.6 is 0 Å². The molecule has 1 fully saturated rings. The Kier molecular flexibility index (Phi) is 3.06. The predicted octanol–water partition coefficient (Wildman–Crippen LogP) is 1.48. The molecule has 11 heavy (non-hydrogen) atoms. The van der Waals surface area contributed by atoms with Gasteiger partial charge in [-0.1, -0.05) is 19.8 Å². The first-order chi connectivity index (χ1) is 5.24. The van der Waals surface area contributed by atoms with Crippen LogP contribution in [0.4, 0.5) is 0 Å². The average molecular weight is 155 g/mol. The van der Waals surface area contributed by atoms with Gasteiger partial charge in [0.2, 0.25) is 0 Å². The van der Waals surface area contributed by atoms with E-state index in [0.717, 1.165) is 18.8 Å². The van der Waals surface area contributed by atoms with Gasteiger partial charge in [-0.05, 0) is 18.8 Å². The zero-order valence-electron chi connectivity index (χ0n) is 7.18. The minimum atomic E-state index is -0.164. The van der Waals surface area contributed by atoms with Crippen molar-refractivity contribution in [3.63, 3.8) is 0 Å². The van der Waals surface area contributed by atoms with Gasteiger partial charge in [0.25, 0.3) is 0 Å². The molecule has 0 aromatic carbocycles. The second-order valence-electron chi connectivity index (χ2n) is 3.50. The summed E-state index contributed by atoms with van der Waals surface area (Å²) in [5.74, 6) is 1.02. The van der Waals surface area contributed by atoms with Crippen molar-refractivity contribution >= 4 is 5.78 Å². The SMILES string of the molecule is CCCC(=O)C(N)CC1CC1. The quantitative estimate of drug-likeness (QED) is 0.653. The molecule has 0 aromatic heterocycles. The molecule has 1 aliphatic carbocycles. The summed E-state index contributed by atoms with van der Waals surface area (Å²) in [4.78, 5) is 11.2. The number of rotatable bonds is 5. The van der Waals surface area contributed by atoms with Gasteiger partial charge in [-0.3, -0.25) is 4.79 Å². The van der Waals surface area contributed by atoms with E-state index in [1.807, 2.05) is 6.92 Å². The Hall–Kier alpha value is -0.370. The molecular formula is C9H17NO. The number of carbonyl (C=O) groups is 1. The lowest BCUT2D eigenvalue weighted by Crippen LogP contribution is -2.30. The van der Waals surface area contributed by atoms with Crippen LogP contribution in [-0.2, 0) is 4.79 Å². The van der Waals surface area contributed by atoms with Crippen molar-refractivity contribution in [2.24, 2.45) is 11.7 Å². The maximum absolute atomic E-state index is 11.2. The summed E-state index contributed by atoms with van der Waals surface area (Å²) < 4.78 is 0. The highest BCUT2D eigenvalue weighted by atomic mass is 16.1. The van der Waals surface area contributed by atoms with E-state index in [0.29, 0.717) is 6.42 Å². The first kappa shape index (κ1) is 8.72. The maximum Gasteiger partial charge on any atom is 0.149 e. The third kappa shape index (κ3) is 3.02. The number of hydrogen-bond acceptors (Lipinski definition) is 2. The Bertz CT molecular complexity index is 140. The Morgan fingerprint density at radius 3 is 2.73 bits per heavy atom. The molecule has 1 saturated carbocycles. The lowest BCUT2D eigenvalue weighted by atomic mass is 10.0. The average Bonchev–Trinajstić information content (AvgIpc) is 2.72. The molecule has 0 saturated heterocycles. The van der Waals surface area contributed by atoms with Gasteiger partial charge in [0, 0.05) is 6.42 Å². The molecule has 2 N–H and O–H groups in total. The van der Waals surface area contributed by atoms with Crippen molar-refractivity contribution in [3.05, 3.63) is 0 Å². The Labute approximate surface area is 68.2 Å². The molecule has 0 bridgehead atoms. The minimum absolute atomic E-state index is 0.164. The molecule has 2 heteroatoms. The van der Waals surface area contributed by atoms with Crippen molar-refractivity contribution in [1.82, 2.24) is 0 Å². The summed E-state index contributed by atoms with van der Waals surface area (Å²) in [5, 5.41) is 0. The van der Waals surface area contributed by atoms with Crippen molar-refractivity contribution in [2.75, 3.05) is 0 Å². The molecule has 2 nitrogen and oxygen atoms in total. The summed E-state index contributed by atoms with van der Waals surface area (Å²) in [7, 11) is 0. The predicted molar refractivity (Wildman–Crippen MR) is 45.2 cm³/mol. The van der Waals surface area contributed by atoms with E-state index >= 15 is 0 Å². The lowest BCUT2D eigenvalue weighted by molar-refractivity contribution is -0.120. The molecule has 64 valence electrons. The first-order valence-electron chi connectivity index (χ1n) is 4.52. The van der Waals surface area contributed by atoms with Crippen LogP contribution < -0.4 is 5.73 Å². The smallest absolute Gasteiger partial charge is 0.149 e. The van der Waals surface area contributed by atoms with E-state index in [9.17, 15) is 4.79 Å². The highest BCUT2D eigenvalue weighted by Crippen LogP contribution is 2.33. The zero-order chi connectivity index (χ0) is 8.27. The number of carbonyl (C=O) groups excluding carboxylic acids is 1. The highest BCUT2D eigenvalue weighted by Gasteiger charge is 2.26. The van der Waals surface area contributed by atoms with Gasteiger partial charge in [-0.2, -0.15) is 0 Å². The van der Waals surface area contributed by atoms with Gasteiger partial charge < -0.3 is 5.73 Å². The molecule has 1 rings (SSSR count). The second-order valence-corrected chi connectivity index (χ2v) is 3.50. The Morgan fingerprint density at radius 1 is 1.64 bits per heavy atom. The van der Waals surface area contributed by atoms with Crippen LogP contribution in [0.15, 0.2) is 0 Å². The molecule has 1 unspecified atom stereocenters. The van der Waals surface area contributed by atoms with E-state index in [-0.39, 0.29) is 11.8 Å². The zero-order valence-corrected chi connectivity index (χ0v) is 7.18. The van der Waals surface area contributed by atoms with E-state index < -0.39 is 0 Å². The normalized spacial score (nSPS) is 19.8. The number of nitrogens with two attached hydrogens (primary N) is 1. The summed E-state index contributed by atoms with van der Waals surface area (Å²) in [6, 6.07) is -0.164. The van der Waals surface area contributed by atoms with Crippen LogP contribution in [0.5, 0.6) is 0 Å². The molecule has 0 aliphatic heterocycles. The van der Waals surface area contributed by atoms with Gasteiger partial charge in [0.1, 0.15) is 5.78 Å². The fourth-order valence-electron chi connectivity index (χ4n) is 1.28. The number of hydrogen-bond donors (Lipinski definition) is 1.